The first-order valence-electron chi connectivity index (χ1n) is 9.04. The van der Waals surface area contributed by atoms with E-state index >= 15 is 0 Å². The minimum absolute atomic E-state index is 0.0108. The minimum atomic E-state index is -0.518. The molecule has 0 N–H and O–H groups in total. The molecule has 7 nitrogen and oxygen atoms in total. The predicted molar refractivity (Wildman–Crippen MR) is 110 cm³/mol. The van der Waals surface area contributed by atoms with Crippen LogP contribution in [0.5, 0.6) is 0 Å². The molecule has 0 bridgehead atoms. The highest BCUT2D eigenvalue weighted by molar-refractivity contribution is 6.30. The van der Waals surface area contributed by atoms with Crippen molar-refractivity contribution in [2.24, 2.45) is 7.05 Å². The molecule has 0 amide bonds. The van der Waals surface area contributed by atoms with E-state index in [1.807, 2.05) is 0 Å². The third-order valence-electron chi connectivity index (χ3n) is 4.97. The Kier molecular flexibility index (Phi) is 4.11. The lowest BCUT2D eigenvalue weighted by atomic mass is 10.2. The SMILES string of the molecule is Cn1c(=O)n(Cc2ccc(F)cc2)c(=O)c2c1nc1oc(-c3ccc(Cl)cc3)cn12. The van der Waals surface area contributed by atoms with Crippen LogP contribution in [0.3, 0.4) is 0 Å². The van der Waals surface area contributed by atoms with Gasteiger partial charge in [0.2, 0.25) is 0 Å². The van der Waals surface area contributed by atoms with Gasteiger partial charge in [-0.25, -0.2) is 9.18 Å². The summed E-state index contributed by atoms with van der Waals surface area (Å²) in [6, 6.07) is 12.7. The maximum Gasteiger partial charge on any atom is 0.332 e. The molecule has 0 aliphatic carbocycles. The van der Waals surface area contributed by atoms with Crippen molar-refractivity contribution in [1.29, 1.82) is 0 Å². The standard InChI is InChI=1S/C21H14ClFN4O3/c1-25-18-17(19(28)27(21(25)29)10-12-2-8-15(23)9-3-12)26-11-16(30-20(26)24-18)13-4-6-14(22)7-5-13/h2-9,11H,10H2,1H3. The van der Waals surface area contributed by atoms with Crippen LogP contribution in [0.4, 0.5) is 4.39 Å². The molecule has 0 spiro atoms. The molecule has 0 saturated carbocycles. The van der Waals surface area contributed by atoms with E-state index in [4.69, 9.17) is 16.0 Å². The normalized spacial score (nSPS) is 11.6. The van der Waals surface area contributed by atoms with Crippen LogP contribution in [0.25, 0.3) is 28.3 Å². The van der Waals surface area contributed by atoms with Gasteiger partial charge in [-0.15, -0.1) is 0 Å². The van der Waals surface area contributed by atoms with Crippen LogP contribution in [0.2, 0.25) is 5.02 Å². The molecule has 0 aliphatic rings. The molecule has 3 aromatic heterocycles. The average molecular weight is 425 g/mol. The first-order chi connectivity index (χ1) is 14.4. The van der Waals surface area contributed by atoms with Crippen LogP contribution < -0.4 is 11.2 Å². The Morgan fingerprint density at radius 3 is 2.47 bits per heavy atom. The highest BCUT2D eigenvalue weighted by Crippen LogP contribution is 2.25. The first-order valence-corrected chi connectivity index (χ1v) is 9.42. The fourth-order valence-corrected chi connectivity index (χ4v) is 3.54. The van der Waals surface area contributed by atoms with Crippen LogP contribution in [0.15, 0.2) is 68.7 Å². The fraction of sp³-hybridized carbons (Fsp3) is 0.0952. The Hall–Kier alpha value is -3.65. The second kappa shape index (κ2) is 6.70. The van der Waals surface area contributed by atoms with Crippen molar-refractivity contribution in [3.8, 4) is 11.3 Å². The van der Waals surface area contributed by atoms with E-state index < -0.39 is 11.2 Å². The molecule has 9 heteroatoms. The number of benzene rings is 2. The van der Waals surface area contributed by atoms with Gasteiger partial charge in [-0.05, 0) is 42.0 Å². The summed E-state index contributed by atoms with van der Waals surface area (Å²) in [5.74, 6) is 0.316. The predicted octanol–water partition coefficient (Wildman–Crippen LogP) is 3.45. The van der Waals surface area contributed by atoms with E-state index in [-0.39, 0.29) is 29.4 Å². The second-order valence-electron chi connectivity index (χ2n) is 6.90. The lowest BCUT2D eigenvalue weighted by Crippen LogP contribution is -2.39. The average Bonchev–Trinajstić information content (AvgIpc) is 3.30. The number of nitrogens with zero attached hydrogens (tertiary/aromatic N) is 4. The van der Waals surface area contributed by atoms with Gasteiger partial charge in [-0.3, -0.25) is 18.3 Å². The fourth-order valence-electron chi connectivity index (χ4n) is 3.41. The van der Waals surface area contributed by atoms with Crippen LogP contribution in [0, 0.1) is 5.82 Å². The number of hydrogen-bond donors (Lipinski definition) is 0. The number of rotatable bonds is 3. The summed E-state index contributed by atoms with van der Waals surface area (Å²) in [6.45, 7) is 0.0108. The molecule has 0 atom stereocenters. The quantitative estimate of drug-likeness (QED) is 0.444. The van der Waals surface area contributed by atoms with Crippen molar-refractivity contribution in [3.05, 3.63) is 92.0 Å². The molecule has 0 unspecified atom stereocenters. The zero-order chi connectivity index (χ0) is 21.0. The second-order valence-corrected chi connectivity index (χ2v) is 7.33. The minimum Gasteiger partial charge on any atom is -0.423 e. The van der Waals surface area contributed by atoms with Gasteiger partial charge in [-0.2, -0.15) is 4.98 Å². The summed E-state index contributed by atoms with van der Waals surface area (Å²) in [4.78, 5) is 30.3. The highest BCUT2D eigenvalue weighted by Gasteiger charge is 2.20. The largest absolute Gasteiger partial charge is 0.423 e. The Morgan fingerprint density at radius 1 is 1.07 bits per heavy atom. The Morgan fingerprint density at radius 2 is 1.77 bits per heavy atom. The first kappa shape index (κ1) is 18.4. The summed E-state index contributed by atoms with van der Waals surface area (Å²) in [5, 5.41) is 0.596. The van der Waals surface area contributed by atoms with E-state index in [0.717, 1.165) is 10.1 Å². The molecule has 0 radical (unpaired) electrons. The third kappa shape index (κ3) is 2.84. The number of hydrogen-bond acceptors (Lipinski definition) is 4. The van der Waals surface area contributed by atoms with E-state index in [2.05, 4.69) is 4.98 Å². The smallest absolute Gasteiger partial charge is 0.332 e. The van der Waals surface area contributed by atoms with E-state index in [9.17, 15) is 14.0 Å². The van der Waals surface area contributed by atoms with Crippen LogP contribution in [0.1, 0.15) is 5.56 Å². The molecule has 30 heavy (non-hydrogen) atoms. The lowest BCUT2D eigenvalue weighted by molar-refractivity contribution is 0.610. The number of aryl methyl sites for hydroxylation is 1. The van der Waals surface area contributed by atoms with Crippen molar-refractivity contribution >= 4 is 28.6 Å². The van der Waals surface area contributed by atoms with Gasteiger partial charge < -0.3 is 4.42 Å². The van der Waals surface area contributed by atoms with Crippen molar-refractivity contribution in [2.45, 2.75) is 6.54 Å². The number of imidazole rings is 1. The number of aromatic nitrogens is 4. The van der Waals surface area contributed by atoms with Gasteiger partial charge >= 0.3 is 11.5 Å². The maximum atomic E-state index is 13.2. The topological polar surface area (TPSA) is 74.4 Å². The third-order valence-corrected chi connectivity index (χ3v) is 5.23. The molecule has 5 aromatic rings. The van der Waals surface area contributed by atoms with E-state index in [0.29, 0.717) is 16.3 Å². The van der Waals surface area contributed by atoms with Crippen LogP contribution in [-0.4, -0.2) is 18.5 Å². The molecular weight excluding hydrogens is 411 g/mol. The van der Waals surface area contributed by atoms with Gasteiger partial charge in [0.15, 0.2) is 16.9 Å². The van der Waals surface area contributed by atoms with Gasteiger partial charge in [0.1, 0.15) is 5.82 Å². The molecule has 0 aliphatic heterocycles. The van der Waals surface area contributed by atoms with Crippen molar-refractivity contribution in [3.63, 3.8) is 0 Å². The molecular formula is C21H14ClFN4O3. The number of halogens is 2. The van der Waals surface area contributed by atoms with Gasteiger partial charge in [0, 0.05) is 17.6 Å². The Bertz CT molecular complexity index is 1530. The van der Waals surface area contributed by atoms with E-state index in [1.165, 1.54) is 40.3 Å². The lowest BCUT2D eigenvalue weighted by Gasteiger charge is -2.08. The van der Waals surface area contributed by atoms with Crippen LogP contribution >= 0.6 is 11.6 Å². The highest BCUT2D eigenvalue weighted by atomic mass is 35.5. The molecule has 0 fully saturated rings. The molecule has 3 heterocycles. The summed E-state index contributed by atoms with van der Waals surface area (Å²) < 4.78 is 22.9. The summed E-state index contributed by atoms with van der Waals surface area (Å²) in [6.07, 6.45) is 1.65. The van der Waals surface area contributed by atoms with Crippen molar-refractivity contribution in [1.82, 2.24) is 18.5 Å². The monoisotopic (exact) mass is 424 g/mol. The Balaban J connectivity index is 1.71. The van der Waals surface area contributed by atoms with Gasteiger partial charge in [0.25, 0.3) is 5.56 Å². The van der Waals surface area contributed by atoms with Gasteiger partial charge in [0.05, 0.1) is 12.7 Å². The molecule has 2 aromatic carbocycles. The zero-order valence-electron chi connectivity index (χ0n) is 15.7. The van der Waals surface area contributed by atoms with Crippen molar-refractivity contribution in [2.75, 3.05) is 0 Å². The number of fused-ring (bicyclic) bond motifs is 3. The molecule has 0 saturated heterocycles. The zero-order valence-corrected chi connectivity index (χ0v) is 16.4. The molecule has 150 valence electrons. The summed E-state index contributed by atoms with van der Waals surface area (Å²) >= 11 is 5.94. The van der Waals surface area contributed by atoms with Crippen LogP contribution in [-0.2, 0) is 13.6 Å². The summed E-state index contributed by atoms with van der Waals surface area (Å²) in [7, 11) is 1.54. The Labute approximate surface area is 173 Å². The van der Waals surface area contributed by atoms with Crippen molar-refractivity contribution < 1.29 is 8.81 Å². The van der Waals surface area contributed by atoms with E-state index in [1.54, 1.807) is 30.5 Å². The summed E-state index contributed by atoms with van der Waals surface area (Å²) in [5.41, 5.74) is 0.822. The maximum absolute atomic E-state index is 13.2. The van der Waals surface area contributed by atoms with Gasteiger partial charge in [-0.1, -0.05) is 23.7 Å². The molecule has 5 rings (SSSR count). The number of oxazole rings is 1.